The maximum atomic E-state index is 13.0. The number of carboxylic acids is 1. The first kappa shape index (κ1) is 23.5. The minimum Gasteiger partial charge on any atom is -0.480 e. The molecule has 0 aliphatic carbocycles. The second kappa shape index (κ2) is 11.5. The third-order valence-corrected chi connectivity index (χ3v) is 6.35. The lowest BCUT2D eigenvalue weighted by molar-refractivity contribution is -0.139. The molecule has 1 fully saturated rings. The summed E-state index contributed by atoms with van der Waals surface area (Å²) in [5, 5.41) is 19.4. The summed E-state index contributed by atoms with van der Waals surface area (Å²) in [6, 6.07) is 14.7. The van der Waals surface area contributed by atoms with E-state index >= 15 is 0 Å². The van der Waals surface area contributed by atoms with Crippen LogP contribution in [0.2, 0.25) is 0 Å². The molecule has 0 unspecified atom stereocenters. The number of aliphatic carboxylic acids is 1. The van der Waals surface area contributed by atoms with Gasteiger partial charge in [0, 0.05) is 35.6 Å². The predicted molar refractivity (Wildman–Crippen MR) is 131 cm³/mol. The molecule has 1 heterocycles. The topological polar surface area (TPSA) is 90.5 Å². The molecule has 0 radical (unpaired) electrons. The Morgan fingerprint density at radius 3 is 2.68 bits per heavy atom. The van der Waals surface area contributed by atoms with Gasteiger partial charge in [-0.25, -0.2) is 4.79 Å². The van der Waals surface area contributed by atoms with Gasteiger partial charge in [-0.3, -0.25) is 4.79 Å². The number of thioether (sulfide) groups is 1. The normalized spacial score (nSPS) is 19.0. The maximum Gasteiger partial charge on any atom is 0.326 e. The quantitative estimate of drug-likeness (QED) is 0.350. The molecule has 0 aromatic heterocycles. The molecule has 0 spiro atoms. The Bertz CT molecular complexity index is 895. The third-order valence-electron chi connectivity index (χ3n) is 5.31. The number of thiol groups is 1. The zero-order valence-electron chi connectivity index (χ0n) is 17.5. The van der Waals surface area contributed by atoms with Crippen molar-refractivity contribution in [1.29, 1.82) is 0 Å². The maximum absolute atomic E-state index is 13.0. The van der Waals surface area contributed by atoms with Crippen molar-refractivity contribution < 1.29 is 14.7 Å². The van der Waals surface area contributed by atoms with Crippen LogP contribution in [-0.4, -0.2) is 59.4 Å². The number of anilines is 1. The van der Waals surface area contributed by atoms with Gasteiger partial charge in [-0.05, 0) is 54.2 Å². The van der Waals surface area contributed by atoms with Crippen LogP contribution in [0.4, 0.5) is 5.69 Å². The van der Waals surface area contributed by atoms with Gasteiger partial charge >= 0.3 is 5.97 Å². The third kappa shape index (κ3) is 6.66. The van der Waals surface area contributed by atoms with Crippen molar-refractivity contribution in [2.45, 2.75) is 30.2 Å². The fraction of sp³-hybridized carbons (Fsp3) is 0.391. The predicted octanol–water partition coefficient (Wildman–Crippen LogP) is 3.36. The number of carbonyl (C=O) groups excluding carboxylic acids is 1. The molecule has 31 heavy (non-hydrogen) atoms. The second-order valence-corrected chi connectivity index (χ2v) is 9.36. The number of hydrogen-bond donors (Lipinski definition) is 5. The second-order valence-electron chi connectivity index (χ2n) is 7.65. The van der Waals surface area contributed by atoms with E-state index in [1.165, 1.54) is 0 Å². The fourth-order valence-electron chi connectivity index (χ4n) is 3.63. The van der Waals surface area contributed by atoms with Gasteiger partial charge in [0.2, 0.25) is 0 Å². The van der Waals surface area contributed by atoms with Crippen LogP contribution in [0.15, 0.2) is 48.5 Å². The number of carboxylic acid groups (broad SMARTS) is 1. The zero-order chi connectivity index (χ0) is 22.2. The van der Waals surface area contributed by atoms with Gasteiger partial charge in [0.25, 0.3) is 5.91 Å². The zero-order valence-corrected chi connectivity index (χ0v) is 19.2. The van der Waals surface area contributed by atoms with Crippen molar-refractivity contribution >= 4 is 42.0 Å². The molecular formula is C23H29N3O3S2. The molecule has 1 aliphatic heterocycles. The van der Waals surface area contributed by atoms with E-state index in [1.54, 1.807) is 17.8 Å². The summed E-state index contributed by atoms with van der Waals surface area (Å²) in [6.45, 7) is 1.68. The fourth-order valence-corrected chi connectivity index (χ4v) is 4.46. The van der Waals surface area contributed by atoms with Gasteiger partial charge < -0.3 is 21.1 Å². The van der Waals surface area contributed by atoms with Crippen molar-refractivity contribution in [3.8, 4) is 11.1 Å². The first-order valence-corrected chi connectivity index (χ1v) is 12.3. The Balaban J connectivity index is 1.81. The Labute approximate surface area is 193 Å². The van der Waals surface area contributed by atoms with Crippen LogP contribution < -0.4 is 16.0 Å². The summed E-state index contributed by atoms with van der Waals surface area (Å²) in [5.41, 5.74) is 3.05. The van der Waals surface area contributed by atoms with Crippen molar-refractivity contribution in [2.75, 3.05) is 30.4 Å². The van der Waals surface area contributed by atoms with Crippen LogP contribution >= 0.6 is 24.4 Å². The number of hydrogen-bond acceptors (Lipinski definition) is 6. The summed E-state index contributed by atoms with van der Waals surface area (Å²) >= 11 is 6.07. The molecule has 0 bridgehead atoms. The van der Waals surface area contributed by atoms with Crippen molar-refractivity contribution in [1.82, 2.24) is 10.6 Å². The van der Waals surface area contributed by atoms with E-state index in [0.717, 1.165) is 36.3 Å². The Kier molecular flexibility index (Phi) is 8.69. The van der Waals surface area contributed by atoms with Gasteiger partial charge in [0.05, 0.1) is 0 Å². The summed E-state index contributed by atoms with van der Waals surface area (Å²) < 4.78 is 0. The summed E-state index contributed by atoms with van der Waals surface area (Å²) in [5.74, 6) is -0.739. The Morgan fingerprint density at radius 2 is 2.03 bits per heavy atom. The summed E-state index contributed by atoms with van der Waals surface area (Å²) in [7, 11) is 0. The molecule has 1 saturated heterocycles. The average Bonchev–Trinajstić information content (AvgIpc) is 3.20. The van der Waals surface area contributed by atoms with Gasteiger partial charge in [-0.2, -0.15) is 24.4 Å². The highest BCUT2D eigenvalue weighted by molar-refractivity contribution is 7.98. The first-order valence-electron chi connectivity index (χ1n) is 10.4. The molecule has 4 N–H and O–H groups in total. The van der Waals surface area contributed by atoms with Crippen LogP contribution in [0.3, 0.4) is 0 Å². The van der Waals surface area contributed by atoms with Gasteiger partial charge in [0.1, 0.15) is 6.04 Å². The largest absolute Gasteiger partial charge is 0.480 e. The molecule has 0 saturated carbocycles. The van der Waals surface area contributed by atoms with E-state index in [1.807, 2.05) is 48.7 Å². The van der Waals surface area contributed by atoms with Crippen LogP contribution in [0, 0.1) is 0 Å². The lowest BCUT2D eigenvalue weighted by atomic mass is 9.98. The molecule has 1 amide bonds. The van der Waals surface area contributed by atoms with Crippen LogP contribution in [0.5, 0.6) is 0 Å². The highest BCUT2D eigenvalue weighted by Gasteiger charge is 2.23. The molecule has 6 nitrogen and oxygen atoms in total. The summed E-state index contributed by atoms with van der Waals surface area (Å²) in [4.78, 5) is 24.6. The van der Waals surface area contributed by atoms with E-state index in [2.05, 4.69) is 28.6 Å². The molecule has 3 atom stereocenters. The first-order chi connectivity index (χ1) is 15.0. The van der Waals surface area contributed by atoms with Gasteiger partial charge in [-0.1, -0.05) is 30.3 Å². The van der Waals surface area contributed by atoms with Crippen LogP contribution in [0.1, 0.15) is 23.2 Å². The van der Waals surface area contributed by atoms with Crippen LogP contribution in [0.25, 0.3) is 11.1 Å². The van der Waals surface area contributed by atoms with Gasteiger partial charge in [-0.15, -0.1) is 0 Å². The van der Waals surface area contributed by atoms with E-state index in [4.69, 9.17) is 0 Å². The van der Waals surface area contributed by atoms with E-state index in [9.17, 15) is 14.7 Å². The molecule has 2 aromatic carbocycles. The number of amides is 1. The number of rotatable bonds is 10. The van der Waals surface area contributed by atoms with E-state index in [-0.39, 0.29) is 5.91 Å². The minimum atomic E-state index is -1.02. The number of benzene rings is 2. The lowest BCUT2D eigenvalue weighted by Gasteiger charge is -2.18. The molecule has 3 rings (SSSR count). The standard InChI is InChI=1S/C23H29N3O3S2/c1-31-10-9-21(23(28)29)26-22(27)19-8-7-16(24-13-17-11-18(30)14-25-17)12-20(19)15-5-3-2-4-6-15/h2-8,12,17-18,21,24-25,30H,9-11,13-14H2,1H3,(H,26,27)(H,28,29)/t17-,18-,21-/m0/s1. The smallest absolute Gasteiger partial charge is 0.326 e. The van der Waals surface area contributed by atoms with E-state index < -0.39 is 12.0 Å². The van der Waals surface area contributed by atoms with Gasteiger partial charge in [0.15, 0.2) is 0 Å². The monoisotopic (exact) mass is 459 g/mol. The number of carbonyl (C=O) groups is 2. The molecule has 2 aromatic rings. The van der Waals surface area contributed by atoms with E-state index in [0.29, 0.717) is 29.0 Å². The Hall–Kier alpha value is -2.16. The minimum absolute atomic E-state index is 0.360. The summed E-state index contributed by atoms with van der Waals surface area (Å²) in [6.07, 6.45) is 3.30. The Morgan fingerprint density at radius 1 is 1.26 bits per heavy atom. The highest BCUT2D eigenvalue weighted by atomic mass is 32.2. The SMILES string of the molecule is CSCC[C@H](NC(=O)c1ccc(NC[C@@H]2C[C@H](S)CN2)cc1-c1ccccc1)C(=O)O. The lowest BCUT2D eigenvalue weighted by Crippen LogP contribution is -2.41. The van der Waals surface area contributed by atoms with Crippen molar-refractivity contribution in [3.63, 3.8) is 0 Å². The average molecular weight is 460 g/mol. The molecular weight excluding hydrogens is 430 g/mol. The number of nitrogens with one attached hydrogen (secondary N) is 3. The van der Waals surface area contributed by atoms with Crippen LogP contribution in [-0.2, 0) is 4.79 Å². The molecule has 1 aliphatic rings. The highest BCUT2D eigenvalue weighted by Crippen LogP contribution is 2.27. The van der Waals surface area contributed by atoms with Crippen molar-refractivity contribution in [3.05, 3.63) is 54.1 Å². The van der Waals surface area contributed by atoms with Crippen molar-refractivity contribution in [2.24, 2.45) is 0 Å². The molecule has 166 valence electrons. The molecule has 8 heteroatoms.